The first-order valence-corrected chi connectivity index (χ1v) is 8.30. The molecule has 0 aliphatic rings. The Morgan fingerprint density at radius 2 is 1.88 bits per heavy atom. The van der Waals surface area contributed by atoms with Crippen LogP contribution in [0, 0.1) is 6.92 Å². The SMILES string of the molecule is C/C=C/CC(SC)S(=O)(=O)c1ccc(C)cc1. The lowest BCUT2D eigenvalue weighted by Crippen LogP contribution is -2.17. The molecule has 0 fully saturated rings. The van der Waals surface area contributed by atoms with Gasteiger partial charge in [-0.15, -0.1) is 11.8 Å². The monoisotopic (exact) mass is 270 g/mol. The second kappa shape index (κ2) is 6.26. The summed E-state index contributed by atoms with van der Waals surface area (Å²) in [5, 5.41) is 0. The van der Waals surface area contributed by atoms with Gasteiger partial charge >= 0.3 is 0 Å². The van der Waals surface area contributed by atoms with Gasteiger partial charge in [-0.25, -0.2) is 8.42 Å². The summed E-state index contributed by atoms with van der Waals surface area (Å²) in [6.45, 7) is 3.85. The van der Waals surface area contributed by atoms with Crippen molar-refractivity contribution in [3.63, 3.8) is 0 Å². The molecular weight excluding hydrogens is 252 g/mol. The number of hydrogen-bond acceptors (Lipinski definition) is 3. The van der Waals surface area contributed by atoms with Gasteiger partial charge in [-0.1, -0.05) is 29.8 Å². The van der Waals surface area contributed by atoms with Crippen molar-refractivity contribution in [3.05, 3.63) is 42.0 Å². The lowest BCUT2D eigenvalue weighted by molar-refractivity contribution is 0.593. The predicted molar refractivity (Wildman–Crippen MR) is 75.1 cm³/mol. The Morgan fingerprint density at radius 3 is 2.35 bits per heavy atom. The average Bonchev–Trinajstić information content (AvgIpc) is 2.30. The van der Waals surface area contributed by atoms with Crippen molar-refractivity contribution >= 4 is 21.6 Å². The lowest BCUT2D eigenvalue weighted by atomic mass is 10.2. The minimum atomic E-state index is -3.23. The van der Waals surface area contributed by atoms with Crippen LogP contribution in [-0.2, 0) is 9.84 Å². The van der Waals surface area contributed by atoms with Gasteiger partial charge in [0.1, 0.15) is 4.58 Å². The molecule has 2 nitrogen and oxygen atoms in total. The highest BCUT2D eigenvalue weighted by atomic mass is 32.3. The first kappa shape index (κ1) is 14.3. The zero-order chi connectivity index (χ0) is 12.9. The number of thioether (sulfide) groups is 1. The molecular formula is C13H18O2S2. The van der Waals surface area contributed by atoms with Crippen LogP contribution < -0.4 is 0 Å². The quantitative estimate of drug-likeness (QED) is 0.769. The number of allylic oxidation sites excluding steroid dienone is 2. The second-order valence-corrected chi connectivity index (χ2v) is 7.30. The first-order valence-electron chi connectivity index (χ1n) is 5.47. The van der Waals surface area contributed by atoms with Crippen molar-refractivity contribution in [2.75, 3.05) is 6.26 Å². The fourth-order valence-corrected chi connectivity index (χ4v) is 4.31. The number of benzene rings is 1. The van der Waals surface area contributed by atoms with Crippen LogP contribution in [0.1, 0.15) is 18.9 Å². The molecule has 17 heavy (non-hydrogen) atoms. The minimum absolute atomic E-state index is 0.401. The molecule has 0 bridgehead atoms. The number of rotatable bonds is 5. The summed E-state index contributed by atoms with van der Waals surface area (Å²) in [6, 6.07) is 7.03. The van der Waals surface area contributed by atoms with E-state index in [-0.39, 0.29) is 0 Å². The van der Waals surface area contributed by atoms with E-state index >= 15 is 0 Å². The van der Waals surface area contributed by atoms with Gasteiger partial charge in [0.2, 0.25) is 0 Å². The van der Waals surface area contributed by atoms with Gasteiger partial charge in [0.15, 0.2) is 9.84 Å². The molecule has 0 aromatic heterocycles. The third-order valence-electron chi connectivity index (χ3n) is 2.52. The zero-order valence-electron chi connectivity index (χ0n) is 10.4. The van der Waals surface area contributed by atoms with Gasteiger partial charge in [0.25, 0.3) is 0 Å². The van der Waals surface area contributed by atoms with E-state index in [9.17, 15) is 8.42 Å². The van der Waals surface area contributed by atoms with Crippen molar-refractivity contribution in [1.82, 2.24) is 0 Å². The fourth-order valence-electron chi connectivity index (χ4n) is 1.48. The van der Waals surface area contributed by atoms with Gasteiger partial charge in [0, 0.05) is 0 Å². The highest BCUT2D eigenvalue weighted by molar-refractivity contribution is 8.13. The van der Waals surface area contributed by atoms with Gasteiger partial charge in [-0.2, -0.15) is 0 Å². The Hall–Kier alpha value is -0.740. The standard InChI is InChI=1S/C13H18O2S2/c1-4-5-6-13(16-3)17(14,15)12-9-7-11(2)8-10-12/h4-5,7-10,13H,6H2,1-3H3/b5-4+. The van der Waals surface area contributed by atoms with E-state index in [1.54, 1.807) is 12.1 Å². The van der Waals surface area contributed by atoms with Crippen LogP contribution in [0.5, 0.6) is 0 Å². The van der Waals surface area contributed by atoms with Crippen molar-refractivity contribution < 1.29 is 8.42 Å². The first-order chi connectivity index (χ1) is 8.02. The highest BCUT2D eigenvalue weighted by Crippen LogP contribution is 2.26. The Balaban J connectivity index is 3.03. The summed E-state index contributed by atoms with van der Waals surface area (Å²) in [7, 11) is -3.23. The third-order valence-corrected chi connectivity index (χ3v) is 6.39. The zero-order valence-corrected chi connectivity index (χ0v) is 12.0. The van der Waals surface area contributed by atoms with Crippen molar-refractivity contribution in [1.29, 1.82) is 0 Å². The van der Waals surface area contributed by atoms with Crippen molar-refractivity contribution in [2.45, 2.75) is 29.7 Å². The fraction of sp³-hybridized carbons (Fsp3) is 0.385. The molecule has 0 saturated heterocycles. The maximum absolute atomic E-state index is 12.3. The molecule has 0 spiro atoms. The van der Waals surface area contributed by atoms with E-state index < -0.39 is 14.4 Å². The van der Waals surface area contributed by atoms with E-state index in [4.69, 9.17) is 0 Å². The van der Waals surface area contributed by atoms with Gasteiger partial charge in [-0.3, -0.25) is 0 Å². The minimum Gasteiger partial charge on any atom is -0.223 e. The Kier molecular flexibility index (Phi) is 5.28. The smallest absolute Gasteiger partial charge is 0.190 e. The second-order valence-electron chi connectivity index (χ2n) is 3.83. The predicted octanol–water partition coefficient (Wildman–Crippen LogP) is 3.42. The topological polar surface area (TPSA) is 34.1 Å². The van der Waals surface area contributed by atoms with Crippen LogP contribution in [0.15, 0.2) is 41.3 Å². The van der Waals surface area contributed by atoms with E-state index in [2.05, 4.69) is 0 Å². The Bertz CT molecular complexity index is 473. The van der Waals surface area contributed by atoms with E-state index in [0.29, 0.717) is 11.3 Å². The van der Waals surface area contributed by atoms with Gasteiger partial charge in [0.05, 0.1) is 4.90 Å². The van der Waals surface area contributed by atoms with Gasteiger partial charge < -0.3 is 0 Å². The maximum Gasteiger partial charge on any atom is 0.190 e. The van der Waals surface area contributed by atoms with Crippen LogP contribution in [0.2, 0.25) is 0 Å². The highest BCUT2D eigenvalue weighted by Gasteiger charge is 2.25. The van der Waals surface area contributed by atoms with Crippen LogP contribution in [0.25, 0.3) is 0 Å². The largest absolute Gasteiger partial charge is 0.223 e. The number of hydrogen-bond donors (Lipinski definition) is 0. The summed E-state index contributed by atoms with van der Waals surface area (Å²) >= 11 is 1.38. The normalized spacial score (nSPS) is 14.1. The van der Waals surface area contributed by atoms with Crippen LogP contribution in [0.3, 0.4) is 0 Å². The van der Waals surface area contributed by atoms with Crippen molar-refractivity contribution in [3.8, 4) is 0 Å². The average molecular weight is 270 g/mol. The molecule has 0 aliphatic heterocycles. The molecule has 1 aromatic rings. The third kappa shape index (κ3) is 3.61. The molecule has 1 rings (SSSR count). The molecule has 0 N–H and O–H groups in total. The van der Waals surface area contributed by atoms with Crippen LogP contribution in [0.4, 0.5) is 0 Å². The Morgan fingerprint density at radius 1 is 1.29 bits per heavy atom. The molecule has 1 aromatic carbocycles. The molecule has 1 atom stereocenters. The lowest BCUT2D eigenvalue weighted by Gasteiger charge is -2.13. The summed E-state index contributed by atoms with van der Waals surface area (Å²) in [5.41, 5.74) is 1.07. The van der Waals surface area contributed by atoms with Crippen molar-refractivity contribution in [2.24, 2.45) is 0 Å². The molecule has 0 heterocycles. The number of sulfone groups is 1. The molecule has 1 unspecified atom stereocenters. The van der Waals surface area contributed by atoms with E-state index in [1.807, 2.05) is 44.4 Å². The molecule has 0 amide bonds. The molecule has 0 radical (unpaired) electrons. The maximum atomic E-state index is 12.3. The summed E-state index contributed by atoms with van der Waals surface area (Å²) < 4.78 is 24.3. The van der Waals surface area contributed by atoms with E-state index in [0.717, 1.165) is 5.56 Å². The van der Waals surface area contributed by atoms with E-state index in [1.165, 1.54) is 11.8 Å². The molecule has 4 heteroatoms. The van der Waals surface area contributed by atoms with Crippen LogP contribution in [-0.4, -0.2) is 19.3 Å². The number of aryl methyl sites for hydroxylation is 1. The van der Waals surface area contributed by atoms with Gasteiger partial charge in [-0.05, 0) is 38.7 Å². The molecule has 0 saturated carbocycles. The van der Waals surface area contributed by atoms with Crippen LogP contribution >= 0.6 is 11.8 Å². The Labute approximate surface area is 108 Å². The summed E-state index contributed by atoms with van der Waals surface area (Å²) in [5.74, 6) is 0. The summed E-state index contributed by atoms with van der Waals surface area (Å²) in [6.07, 6.45) is 6.16. The molecule has 94 valence electrons. The summed E-state index contributed by atoms with van der Waals surface area (Å²) in [4.78, 5) is 0.409. The molecule has 0 aliphatic carbocycles.